The number of phosphoric ester groups is 2. The van der Waals surface area contributed by atoms with E-state index >= 15 is 0 Å². The van der Waals surface area contributed by atoms with E-state index in [4.69, 9.17) is 37.0 Å². The van der Waals surface area contributed by atoms with Gasteiger partial charge in [0.1, 0.15) is 19.3 Å². The van der Waals surface area contributed by atoms with E-state index in [1.165, 1.54) is 263 Å². The Morgan fingerprint density at radius 2 is 0.495 bits per heavy atom. The molecule has 0 rings (SSSR count). The van der Waals surface area contributed by atoms with Crippen LogP contribution in [0.3, 0.4) is 0 Å². The number of hydrogen-bond donors (Lipinski definition) is 3. The lowest BCUT2D eigenvalue weighted by Gasteiger charge is -2.21. The third kappa shape index (κ3) is 76.6. The van der Waals surface area contributed by atoms with Crippen LogP contribution in [0.5, 0.6) is 0 Å². The van der Waals surface area contributed by atoms with Crippen molar-refractivity contribution < 1.29 is 80.2 Å². The van der Waals surface area contributed by atoms with Crippen LogP contribution in [-0.2, 0) is 65.4 Å². The summed E-state index contributed by atoms with van der Waals surface area (Å²) in [6, 6.07) is 0. The van der Waals surface area contributed by atoms with Crippen LogP contribution >= 0.6 is 15.6 Å². The van der Waals surface area contributed by atoms with Crippen molar-refractivity contribution in [2.24, 2.45) is 11.8 Å². The predicted octanol–water partition coefficient (Wildman–Crippen LogP) is 25.5. The summed E-state index contributed by atoms with van der Waals surface area (Å²) in [7, 11) is -9.93. The molecule has 19 heteroatoms. The summed E-state index contributed by atoms with van der Waals surface area (Å²) in [5.41, 5.74) is 0. The summed E-state index contributed by atoms with van der Waals surface area (Å²) < 4.78 is 68.9. The Balaban J connectivity index is 5.27. The average molecular weight is 1510 g/mol. The standard InChI is InChI=1S/C84H164O17P2/c1-7-10-12-14-16-18-20-22-24-26-30-33-37-41-48-54-60-66-81(86)94-72-79(100-83(88)69-63-57-51-43-39-35-31-27-28-32-36-40-46-52-58-64-76(4)5)74-98-102(90,91)96-70-78(85)71-97-103(92,93)99-75-80(73-95-82(87)67-61-55-49-45-44-47-53-59-65-77(6)9-3)101-84(89)68-62-56-50-42-38-34-29-25-23-21-19-17-15-13-11-8-2/h76-80,85H,7-75H2,1-6H3,(H,90,91)(H,92,93)/t77?,78-,79-,80-/m1/s1. The largest absolute Gasteiger partial charge is 0.472 e. The van der Waals surface area contributed by atoms with Gasteiger partial charge >= 0.3 is 39.5 Å². The van der Waals surface area contributed by atoms with Crippen molar-refractivity contribution in [1.29, 1.82) is 0 Å². The van der Waals surface area contributed by atoms with E-state index in [1.807, 2.05) is 0 Å². The number of phosphoric acid groups is 2. The maximum Gasteiger partial charge on any atom is 0.472 e. The van der Waals surface area contributed by atoms with Crippen LogP contribution in [0.2, 0.25) is 0 Å². The minimum Gasteiger partial charge on any atom is -0.462 e. The highest BCUT2D eigenvalue weighted by molar-refractivity contribution is 7.47. The van der Waals surface area contributed by atoms with Gasteiger partial charge in [0.15, 0.2) is 12.2 Å². The Kier molecular flexibility index (Phi) is 74.1. The molecule has 0 bridgehead atoms. The third-order valence-electron chi connectivity index (χ3n) is 20.1. The van der Waals surface area contributed by atoms with Gasteiger partial charge in [-0.25, -0.2) is 9.13 Å². The van der Waals surface area contributed by atoms with Gasteiger partial charge in [-0.05, 0) is 37.5 Å². The number of rotatable bonds is 83. The molecule has 0 aromatic heterocycles. The molecule has 0 heterocycles. The molecule has 0 aliphatic carbocycles. The summed E-state index contributed by atoms with van der Waals surface area (Å²) >= 11 is 0. The monoisotopic (exact) mass is 1510 g/mol. The number of hydrogen-bond acceptors (Lipinski definition) is 15. The fourth-order valence-electron chi connectivity index (χ4n) is 13.0. The number of carbonyl (C=O) groups is 4. The minimum atomic E-state index is -4.96. The first-order chi connectivity index (χ1) is 49.9. The van der Waals surface area contributed by atoms with E-state index in [-0.39, 0.29) is 25.7 Å². The van der Waals surface area contributed by atoms with Gasteiger partial charge in [-0.3, -0.25) is 37.3 Å². The summed E-state index contributed by atoms with van der Waals surface area (Å²) in [6.07, 6.45) is 66.5. The molecule has 6 atom stereocenters. The number of esters is 4. The van der Waals surface area contributed by atoms with Gasteiger partial charge in [0.25, 0.3) is 0 Å². The van der Waals surface area contributed by atoms with Crippen LogP contribution in [0, 0.1) is 11.8 Å². The van der Waals surface area contributed by atoms with Gasteiger partial charge < -0.3 is 33.8 Å². The quantitative estimate of drug-likeness (QED) is 0.0222. The molecular formula is C84H164O17P2. The molecule has 0 aliphatic heterocycles. The van der Waals surface area contributed by atoms with Crippen LogP contribution in [0.4, 0.5) is 0 Å². The van der Waals surface area contributed by atoms with Crippen molar-refractivity contribution in [2.75, 3.05) is 39.6 Å². The number of ether oxygens (including phenoxy) is 4. The fourth-order valence-corrected chi connectivity index (χ4v) is 14.6. The minimum absolute atomic E-state index is 0.108. The van der Waals surface area contributed by atoms with E-state index in [0.29, 0.717) is 25.7 Å². The van der Waals surface area contributed by atoms with Crippen molar-refractivity contribution in [3.8, 4) is 0 Å². The van der Waals surface area contributed by atoms with Crippen LogP contribution in [0.25, 0.3) is 0 Å². The highest BCUT2D eigenvalue weighted by Gasteiger charge is 2.30. The van der Waals surface area contributed by atoms with Crippen LogP contribution in [-0.4, -0.2) is 96.7 Å². The molecule has 612 valence electrons. The molecule has 0 radical (unpaired) electrons. The smallest absolute Gasteiger partial charge is 0.462 e. The zero-order valence-corrected chi connectivity index (χ0v) is 69.4. The van der Waals surface area contributed by atoms with Crippen LogP contribution in [0.15, 0.2) is 0 Å². The third-order valence-corrected chi connectivity index (χ3v) is 22.0. The molecule has 0 saturated carbocycles. The molecular weight excluding hydrogens is 1340 g/mol. The first kappa shape index (κ1) is 101. The van der Waals surface area contributed by atoms with Crippen molar-refractivity contribution in [1.82, 2.24) is 0 Å². The second-order valence-electron chi connectivity index (χ2n) is 30.9. The van der Waals surface area contributed by atoms with E-state index in [1.54, 1.807) is 0 Å². The fraction of sp³-hybridized carbons (Fsp3) is 0.952. The van der Waals surface area contributed by atoms with Crippen LogP contribution < -0.4 is 0 Å². The van der Waals surface area contributed by atoms with Gasteiger partial charge in [-0.1, -0.05) is 395 Å². The summed E-state index contributed by atoms with van der Waals surface area (Å²) in [6.45, 7) is 9.70. The Morgan fingerprint density at radius 1 is 0.282 bits per heavy atom. The molecule has 0 aromatic rings. The first-order valence-electron chi connectivity index (χ1n) is 43.5. The molecule has 3 unspecified atom stereocenters. The molecule has 3 N–H and O–H groups in total. The Bertz CT molecular complexity index is 1980. The molecule has 0 aliphatic rings. The number of aliphatic hydroxyl groups excluding tert-OH is 1. The van der Waals surface area contributed by atoms with Crippen molar-refractivity contribution in [2.45, 2.75) is 464 Å². The van der Waals surface area contributed by atoms with Crippen molar-refractivity contribution in [3.05, 3.63) is 0 Å². The van der Waals surface area contributed by atoms with Gasteiger partial charge in [0.2, 0.25) is 0 Å². The zero-order chi connectivity index (χ0) is 75.6. The second kappa shape index (κ2) is 75.5. The van der Waals surface area contributed by atoms with Gasteiger partial charge in [0, 0.05) is 25.7 Å². The van der Waals surface area contributed by atoms with Gasteiger partial charge in [-0.15, -0.1) is 0 Å². The molecule has 0 amide bonds. The maximum atomic E-state index is 13.1. The highest BCUT2D eigenvalue weighted by Crippen LogP contribution is 2.45. The number of aliphatic hydroxyl groups is 1. The Hall–Kier alpha value is -1.94. The molecule has 0 fully saturated rings. The lowest BCUT2D eigenvalue weighted by atomic mass is 9.99. The van der Waals surface area contributed by atoms with E-state index in [0.717, 1.165) is 102 Å². The molecule has 0 spiro atoms. The van der Waals surface area contributed by atoms with Crippen LogP contribution in [0.1, 0.15) is 446 Å². The second-order valence-corrected chi connectivity index (χ2v) is 33.8. The average Bonchev–Trinajstić information content (AvgIpc) is 0.906. The Morgan fingerprint density at radius 3 is 0.738 bits per heavy atom. The lowest BCUT2D eigenvalue weighted by molar-refractivity contribution is -0.161. The number of unbranched alkanes of at least 4 members (excludes halogenated alkanes) is 52. The molecule has 0 aromatic carbocycles. The first-order valence-corrected chi connectivity index (χ1v) is 46.5. The molecule has 17 nitrogen and oxygen atoms in total. The SMILES string of the molecule is CCCCCCCCCCCCCCCCCCCC(=O)OC[C@H](COP(=O)(O)OC[C@@H](O)COP(=O)(O)OC[C@@H](COC(=O)CCCCCCCCCCC(C)CC)OC(=O)CCCCCCCCCCCCCCCCCC)OC(=O)CCCCCCCCCCCCCCCCCC(C)C. The number of carbonyl (C=O) groups excluding carboxylic acids is 4. The normalized spacial score (nSPS) is 14.1. The lowest BCUT2D eigenvalue weighted by Crippen LogP contribution is -2.30. The summed E-state index contributed by atoms with van der Waals surface area (Å²) in [4.78, 5) is 73.2. The van der Waals surface area contributed by atoms with Gasteiger partial charge in [0.05, 0.1) is 26.4 Å². The predicted molar refractivity (Wildman–Crippen MR) is 423 cm³/mol. The summed E-state index contributed by atoms with van der Waals surface area (Å²) in [5.74, 6) is -0.522. The molecule has 103 heavy (non-hydrogen) atoms. The molecule has 0 saturated heterocycles. The summed E-state index contributed by atoms with van der Waals surface area (Å²) in [5, 5.41) is 10.7. The van der Waals surface area contributed by atoms with Gasteiger partial charge in [-0.2, -0.15) is 0 Å². The van der Waals surface area contributed by atoms with E-state index in [9.17, 15) is 43.2 Å². The maximum absolute atomic E-state index is 13.1. The van der Waals surface area contributed by atoms with Crippen molar-refractivity contribution >= 4 is 39.5 Å². The van der Waals surface area contributed by atoms with Crippen molar-refractivity contribution in [3.63, 3.8) is 0 Å². The van der Waals surface area contributed by atoms with E-state index < -0.39 is 97.5 Å². The Labute approximate surface area is 632 Å². The topological polar surface area (TPSA) is 237 Å². The highest BCUT2D eigenvalue weighted by atomic mass is 31.2. The zero-order valence-electron chi connectivity index (χ0n) is 67.6. The van der Waals surface area contributed by atoms with E-state index in [2.05, 4.69) is 41.5 Å².